The monoisotopic (exact) mass is 285 g/mol. The van der Waals surface area contributed by atoms with E-state index in [0.717, 1.165) is 5.69 Å². The van der Waals surface area contributed by atoms with Gasteiger partial charge in [0.1, 0.15) is 0 Å². The summed E-state index contributed by atoms with van der Waals surface area (Å²) in [7, 11) is 0. The number of hydrogen-bond acceptors (Lipinski definition) is 6. The number of hydrogen-bond donors (Lipinski definition) is 1. The van der Waals surface area contributed by atoms with Gasteiger partial charge in [-0.05, 0) is 18.2 Å². The Morgan fingerprint density at radius 1 is 1.19 bits per heavy atom. The van der Waals surface area contributed by atoms with Gasteiger partial charge in [0, 0.05) is 0 Å². The second-order valence-corrected chi connectivity index (χ2v) is 4.26. The van der Waals surface area contributed by atoms with E-state index in [-0.39, 0.29) is 12.5 Å². The summed E-state index contributed by atoms with van der Waals surface area (Å²) in [4.78, 5) is 10.6. The lowest BCUT2D eigenvalue weighted by Gasteiger charge is -2.01. The highest BCUT2D eigenvalue weighted by Gasteiger charge is 2.22. The number of benzene rings is 2. The number of nitrogens with zero attached hydrogens (tertiary/aromatic N) is 2. The van der Waals surface area contributed by atoms with Crippen molar-refractivity contribution in [2.75, 3.05) is 12.2 Å². The first-order valence-corrected chi connectivity index (χ1v) is 6.16. The Kier molecular flexibility index (Phi) is 3.38. The second-order valence-electron chi connectivity index (χ2n) is 4.26. The van der Waals surface area contributed by atoms with Gasteiger partial charge < -0.3 is 9.47 Å². The first-order valence-electron chi connectivity index (χ1n) is 6.16. The zero-order chi connectivity index (χ0) is 14.7. The molecule has 2 aromatic carbocycles. The van der Waals surface area contributed by atoms with Crippen LogP contribution >= 0.6 is 0 Å². The molecule has 0 atom stereocenters. The predicted molar refractivity (Wildman–Crippen MR) is 76.9 cm³/mol. The molecule has 0 bridgehead atoms. The highest BCUT2D eigenvalue weighted by atomic mass is 16.7. The van der Waals surface area contributed by atoms with E-state index in [9.17, 15) is 10.1 Å². The summed E-state index contributed by atoms with van der Waals surface area (Å²) in [5.41, 5.74) is 3.85. The third-order valence-electron chi connectivity index (χ3n) is 2.89. The van der Waals surface area contributed by atoms with Crippen molar-refractivity contribution in [2.45, 2.75) is 0 Å². The molecule has 0 saturated carbocycles. The Labute approximate surface area is 120 Å². The third kappa shape index (κ3) is 2.76. The number of ether oxygens (including phenoxy) is 2. The molecule has 106 valence electrons. The van der Waals surface area contributed by atoms with E-state index < -0.39 is 4.92 Å². The molecule has 2 aromatic rings. The van der Waals surface area contributed by atoms with Gasteiger partial charge in [0.15, 0.2) is 11.5 Å². The summed E-state index contributed by atoms with van der Waals surface area (Å²) in [5.74, 6) is 0.844. The van der Waals surface area contributed by atoms with Crippen molar-refractivity contribution in [3.8, 4) is 11.5 Å². The minimum atomic E-state index is -0.480. The van der Waals surface area contributed by atoms with Crippen molar-refractivity contribution in [3.63, 3.8) is 0 Å². The van der Waals surface area contributed by atoms with E-state index in [4.69, 9.17) is 9.47 Å². The molecule has 0 saturated heterocycles. The smallest absolute Gasteiger partial charge is 0.282 e. The van der Waals surface area contributed by atoms with Crippen LogP contribution in [0.25, 0.3) is 0 Å². The molecule has 0 unspecified atom stereocenters. The fourth-order valence-corrected chi connectivity index (χ4v) is 1.90. The Balaban J connectivity index is 1.85. The largest absolute Gasteiger partial charge is 0.454 e. The van der Waals surface area contributed by atoms with Crippen molar-refractivity contribution in [1.29, 1.82) is 0 Å². The van der Waals surface area contributed by atoms with Crippen LogP contribution in [0.4, 0.5) is 11.4 Å². The molecule has 1 N–H and O–H groups in total. The number of nitro groups is 1. The Bertz CT molecular complexity index is 701. The summed E-state index contributed by atoms with van der Waals surface area (Å²) < 4.78 is 10.3. The molecule has 21 heavy (non-hydrogen) atoms. The Morgan fingerprint density at radius 3 is 2.62 bits per heavy atom. The fourth-order valence-electron chi connectivity index (χ4n) is 1.90. The predicted octanol–water partition coefficient (Wildman–Crippen LogP) is 2.77. The van der Waals surface area contributed by atoms with E-state index in [2.05, 4.69) is 10.5 Å². The molecule has 0 amide bonds. The Hall–Kier alpha value is -3.09. The quantitative estimate of drug-likeness (QED) is 0.530. The van der Waals surface area contributed by atoms with Crippen LogP contribution in [-0.4, -0.2) is 17.9 Å². The average Bonchev–Trinajstić information content (AvgIpc) is 2.94. The van der Waals surface area contributed by atoms with E-state index in [1.165, 1.54) is 18.3 Å². The maximum Gasteiger partial charge on any atom is 0.282 e. The summed E-state index contributed by atoms with van der Waals surface area (Å²) >= 11 is 0. The number of hydrazone groups is 1. The maximum atomic E-state index is 11.1. The molecule has 1 aliphatic rings. The summed E-state index contributed by atoms with van der Waals surface area (Å²) in [6.07, 6.45) is 1.38. The maximum absolute atomic E-state index is 11.1. The van der Waals surface area contributed by atoms with Gasteiger partial charge in [0.05, 0.1) is 28.5 Å². The topological polar surface area (TPSA) is 86.0 Å². The lowest BCUT2D eigenvalue weighted by molar-refractivity contribution is -0.385. The molecule has 0 radical (unpaired) electrons. The minimum Gasteiger partial charge on any atom is -0.454 e. The van der Waals surface area contributed by atoms with Gasteiger partial charge in [-0.15, -0.1) is 0 Å². The molecule has 7 nitrogen and oxygen atoms in total. The van der Waals surface area contributed by atoms with Crippen molar-refractivity contribution in [1.82, 2.24) is 0 Å². The number of anilines is 1. The van der Waals surface area contributed by atoms with Crippen LogP contribution < -0.4 is 14.9 Å². The summed E-state index contributed by atoms with van der Waals surface area (Å²) in [6, 6.07) is 12.2. The number of nitro benzene ring substituents is 1. The second kappa shape index (κ2) is 5.49. The highest BCUT2D eigenvalue weighted by Crippen LogP contribution is 2.37. The molecule has 3 rings (SSSR count). The average molecular weight is 285 g/mol. The van der Waals surface area contributed by atoms with Crippen LogP contribution in [0.3, 0.4) is 0 Å². The lowest BCUT2D eigenvalue weighted by Crippen LogP contribution is -1.96. The Morgan fingerprint density at radius 2 is 1.90 bits per heavy atom. The number of para-hydroxylation sites is 1. The van der Waals surface area contributed by atoms with Gasteiger partial charge in [-0.3, -0.25) is 15.5 Å². The van der Waals surface area contributed by atoms with Gasteiger partial charge >= 0.3 is 0 Å². The fraction of sp³-hybridized carbons (Fsp3) is 0.0714. The highest BCUT2D eigenvalue weighted by molar-refractivity contribution is 5.87. The van der Waals surface area contributed by atoms with E-state index in [0.29, 0.717) is 17.1 Å². The summed E-state index contributed by atoms with van der Waals surface area (Å²) in [6.45, 7) is 0.0648. The van der Waals surface area contributed by atoms with E-state index >= 15 is 0 Å². The van der Waals surface area contributed by atoms with Crippen LogP contribution in [0, 0.1) is 10.1 Å². The van der Waals surface area contributed by atoms with Gasteiger partial charge in [-0.1, -0.05) is 18.2 Å². The van der Waals surface area contributed by atoms with Crippen LogP contribution in [0.1, 0.15) is 5.56 Å². The van der Waals surface area contributed by atoms with Crippen molar-refractivity contribution >= 4 is 17.6 Å². The molecule has 7 heteroatoms. The first kappa shape index (κ1) is 12.9. The molecule has 1 aliphatic heterocycles. The van der Waals surface area contributed by atoms with Crippen molar-refractivity contribution < 1.29 is 14.4 Å². The van der Waals surface area contributed by atoms with E-state index in [1.54, 1.807) is 0 Å². The van der Waals surface area contributed by atoms with Gasteiger partial charge in [-0.2, -0.15) is 5.10 Å². The number of nitrogens with one attached hydrogen (secondary N) is 1. The molecular weight excluding hydrogens is 274 g/mol. The SMILES string of the molecule is O=[N+]([O-])c1cc2c(cc1C=NNc1ccccc1)OCO2. The van der Waals surface area contributed by atoms with Crippen LogP contribution in [0.5, 0.6) is 11.5 Å². The lowest BCUT2D eigenvalue weighted by atomic mass is 10.1. The molecule has 0 spiro atoms. The number of fused-ring (bicyclic) bond motifs is 1. The van der Waals surface area contributed by atoms with Crippen LogP contribution in [0.2, 0.25) is 0 Å². The molecule has 0 aromatic heterocycles. The van der Waals surface area contributed by atoms with Gasteiger partial charge in [-0.25, -0.2) is 0 Å². The van der Waals surface area contributed by atoms with Crippen molar-refractivity contribution in [3.05, 3.63) is 58.1 Å². The van der Waals surface area contributed by atoms with Crippen LogP contribution in [-0.2, 0) is 0 Å². The molecule has 0 aliphatic carbocycles. The molecule has 1 heterocycles. The van der Waals surface area contributed by atoms with Crippen LogP contribution in [0.15, 0.2) is 47.6 Å². The standard InChI is InChI=1S/C14H11N3O4/c18-17(19)12-7-14-13(20-9-21-14)6-10(12)8-15-16-11-4-2-1-3-5-11/h1-8,16H,9H2. The summed E-state index contributed by atoms with van der Waals surface area (Å²) in [5, 5.41) is 15.1. The van der Waals surface area contributed by atoms with Gasteiger partial charge in [0.25, 0.3) is 5.69 Å². The normalized spacial score (nSPS) is 12.6. The third-order valence-corrected chi connectivity index (χ3v) is 2.89. The number of rotatable bonds is 4. The molecular formula is C14H11N3O4. The van der Waals surface area contributed by atoms with E-state index in [1.807, 2.05) is 30.3 Å². The van der Waals surface area contributed by atoms with Crippen molar-refractivity contribution in [2.24, 2.45) is 5.10 Å². The molecule has 0 fully saturated rings. The zero-order valence-corrected chi connectivity index (χ0v) is 10.9. The zero-order valence-electron chi connectivity index (χ0n) is 10.9. The minimum absolute atomic E-state index is 0.0648. The van der Waals surface area contributed by atoms with Gasteiger partial charge in [0.2, 0.25) is 6.79 Å². The first-order chi connectivity index (χ1) is 10.2.